The minimum Gasteiger partial charge on any atom is -0.380 e. The maximum Gasteiger partial charge on any atom is 0.0727 e. The summed E-state index contributed by atoms with van der Waals surface area (Å²) in [7, 11) is 1.98. The average molecular weight is 249 g/mol. The number of nitrogens with one attached hydrogen (secondary N) is 1. The van der Waals surface area contributed by atoms with Crippen LogP contribution < -0.4 is 5.32 Å². The third-order valence-electron chi connectivity index (χ3n) is 2.62. The molecule has 1 N–H and O–H groups in total. The normalized spacial score (nSPS) is 11.8. The fraction of sp³-hybridized carbons (Fsp3) is 0.462. The summed E-state index contributed by atoms with van der Waals surface area (Å²) in [5.74, 6) is 0. The molecule has 0 radical (unpaired) electrons. The molecular formula is C13H19N3S. The lowest BCUT2D eigenvalue weighted by molar-refractivity contribution is 0.549. The van der Waals surface area contributed by atoms with E-state index in [1.54, 1.807) is 11.3 Å². The minimum absolute atomic E-state index is 0.0902. The first-order valence-corrected chi connectivity index (χ1v) is 6.70. The van der Waals surface area contributed by atoms with Crippen molar-refractivity contribution < 1.29 is 0 Å². The van der Waals surface area contributed by atoms with Crippen LogP contribution in [0.4, 0.5) is 5.69 Å². The summed E-state index contributed by atoms with van der Waals surface area (Å²) in [6, 6.07) is 2.10. The van der Waals surface area contributed by atoms with Crippen molar-refractivity contribution in [3.05, 3.63) is 34.3 Å². The Morgan fingerprint density at radius 3 is 2.76 bits per heavy atom. The van der Waals surface area contributed by atoms with E-state index in [0.717, 1.165) is 6.54 Å². The van der Waals surface area contributed by atoms with Gasteiger partial charge in [0, 0.05) is 41.8 Å². The molecule has 2 heterocycles. The molecule has 0 amide bonds. The van der Waals surface area contributed by atoms with Crippen LogP contribution in [0.5, 0.6) is 0 Å². The largest absolute Gasteiger partial charge is 0.380 e. The molecule has 0 atom stereocenters. The van der Waals surface area contributed by atoms with Gasteiger partial charge >= 0.3 is 0 Å². The van der Waals surface area contributed by atoms with E-state index in [1.807, 2.05) is 11.7 Å². The molecule has 4 heteroatoms. The van der Waals surface area contributed by atoms with Crippen LogP contribution in [0.2, 0.25) is 0 Å². The van der Waals surface area contributed by atoms with Gasteiger partial charge in [0.15, 0.2) is 0 Å². The summed E-state index contributed by atoms with van der Waals surface area (Å²) >= 11 is 1.71. The third kappa shape index (κ3) is 2.88. The fourth-order valence-corrected chi connectivity index (χ4v) is 2.47. The number of rotatable bonds is 3. The summed E-state index contributed by atoms with van der Waals surface area (Å²) in [6.07, 6.45) is 2.10. The van der Waals surface area contributed by atoms with E-state index in [9.17, 15) is 0 Å². The molecule has 0 aliphatic heterocycles. The monoisotopic (exact) mass is 249 g/mol. The Kier molecular flexibility index (Phi) is 3.24. The summed E-state index contributed by atoms with van der Waals surface area (Å²) in [6.45, 7) is 7.42. The van der Waals surface area contributed by atoms with Gasteiger partial charge in [-0.1, -0.05) is 20.8 Å². The Morgan fingerprint density at radius 2 is 2.18 bits per heavy atom. The molecule has 0 fully saturated rings. The van der Waals surface area contributed by atoms with Crippen molar-refractivity contribution in [1.82, 2.24) is 9.78 Å². The van der Waals surface area contributed by atoms with Gasteiger partial charge in [-0.15, -0.1) is 0 Å². The fourth-order valence-electron chi connectivity index (χ4n) is 1.86. The first-order valence-electron chi connectivity index (χ1n) is 5.76. The molecule has 92 valence electrons. The Morgan fingerprint density at radius 1 is 1.41 bits per heavy atom. The Balaban J connectivity index is 2.15. The number of anilines is 1. The average Bonchev–Trinajstić information content (AvgIpc) is 2.82. The Bertz CT molecular complexity index is 477. The van der Waals surface area contributed by atoms with Crippen molar-refractivity contribution in [3.8, 4) is 0 Å². The molecule has 0 saturated heterocycles. The van der Waals surface area contributed by atoms with Crippen LogP contribution in [-0.4, -0.2) is 9.78 Å². The first-order chi connectivity index (χ1) is 7.97. The van der Waals surface area contributed by atoms with Gasteiger partial charge in [-0.05, 0) is 11.4 Å². The molecule has 0 aromatic carbocycles. The SMILES string of the molecule is Cn1cc(CNc2ccsc2)c(C(C)(C)C)n1. The molecule has 17 heavy (non-hydrogen) atoms. The molecule has 2 rings (SSSR count). The number of hydrogen-bond acceptors (Lipinski definition) is 3. The molecule has 0 unspecified atom stereocenters. The van der Waals surface area contributed by atoms with Gasteiger partial charge in [-0.25, -0.2) is 0 Å². The van der Waals surface area contributed by atoms with Crippen LogP contribution in [0.1, 0.15) is 32.0 Å². The first kappa shape index (κ1) is 12.2. The van der Waals surface area contributed by atoms with E-state index in [-0.39, 0.29) is 5.41 Å². The predicted octanol–water partition coefficient (Wildman–Crippen LogP) is 3.39. The highest BCUT2D eigenvalue weighted by atomic mass is 32.1. The standard InChI is InChI=1S/C13H19N3S/c1-13(2,3)12-10(8-16(4)15-12)7-14-11-5-6-17-9-11/h5-6,8-9,14H,7H2,1-4H3. The van der Waals surface area contributed by atoms with E-state index >= 15 is 0 Å². The highest BCUT2D eigenvalue weighted by Gasteiger charge is 2.21. The van der Waals surface area contributed by atoms with Gasteiger partial charge in [0.1, 0.15) is 0 Å². The van der Waals surface area contributed by atoms with Crippen molar-refractivity contribution >= 4 is 17.0 Å². The predicted molar refractivity (Wildman–Crippen MR) is 73.6 cm³/mol. The molecular weight excluding hydrogens is 230 g/mol. The zero-order chi connectivity index (χ0) is 12.5. The second kappa shape index (κ2) is 4.53. The van der Waals surface area contributed by atoms with Gasteiger partial charge in [0.05, 0.1) is 5.69 Å². The van der Waals surface area contributed by atoms with Gasteiger partial charge in [-0.3, -0.25) is 4.68 Å². The van der Waals surface area contributed by atoms with Crippen LogP contribution in [0.15, 0.2) is 23.0 Å². The molecule has 0 aliphatic carbocycles. The van der Waals surface area contributed by atoms with Gasteiger partial charge in [0.2, 0.25) is 0 Å². The van der Waals surface area contributed by atoms with Crippen molar-refractivity contribution in [2.75, 3.05) is 5.32 Å². The Labute approximate surface area is 106 Å². The maximum atomic E-state index is 4.56. The zero-order valence-electron chi connectivity index (χ0n) is 10.8. The number of hydrogen-bond donors (Lipinski definition) is 1. The molecule has 0 bridgehead atoms. The zero-order valence-corrected chi connectivity index (χ0v) is 11.6. The lowest BCUT2D eigenvalue weighted by atomic mass is 9.89. The van der Waals surface area contributed by atoms with Crippen LogP contribution in [0.25, 0.3) is 0 Å². The highest BCUT2D eigenvalue weighted by Crippen LogP contribution is 2.25. The van der Waals surface area contributed by atoms with E-state index in [1.165, 1.54) is 16.9 Å². The van der Waals surface area contributed by atoms with Gasteiger partial charge in [0.25, 0.3) is 0 Å². The summed E-state index contributed by atoms with van der Waals surface area (Å²) in [4.78, 5) is 0. The second-order valence-electron chi connectivity index (χ2n) is 5.29. The molecule has 2 aromatic heterocycles. The van der Waals surface area contributed by atoms with Crippen LogP contribution in [0, 0.1) is 0 Å². The summed E-state index contributed by atoms with van der Waals surface area (Å²) in [5, 5.41) is 12.2. The van der Waals surface area contributed by atoms with Crippen LogP contribution >= 0.6 is 11.3 Å². The Hall–Kier alpha value is -1.29. The van der Waals surface area contributed by atoms with E-state index in [2.05, 4.69) is 54.2 Å². The van der Waals surface area contributed by atoms with Crippen LogP contribution in [0.3, 0.4) is 0 Å². The number of thiophene rings is 1. The van der Waals surface area contributed by atoms with E-state index in [0.29, 0.717) is 0 Å². The van der Waals surface area contributed by atoms with Crippen molar-refractivity contribution in [1.29, 1.82) is 0 Å². The topological polar surface area (TPSA) is 29.9 Å². The van der Waals surface area contributed by atoms with Gasteiger partial charge < -0.3 is 5.32 Å². The van der Waals surface area contributed by atoms with Crippen molar-refractivity contribution in [2.45, 2.75) is 32.7 Å². The lowest BCUT2D eigenvalue weighted by Gasteiger charge is -2.17. The summed E-state index contributed by atoms with van der Waals surface area (Å²) < 4.78 is 1.89. The van der Waals surface area contributed by atoms with E-state index in [4.69, 9.17) is 0 Å². The van der Waals surface area contributed by atoms with E-state index < -0.39 is 0 Å². The van der Waals surface area contributed by atoms with Crippen LogP contribution in [-0.2, 0) is 19.0 Å². The number of aryl methyl sites for hydroxylation is 1. The molecule has 0 saturated carbocycles. The van der Waals surface area contributed by atoms with Gasteiger partial charge in [-0.2, -0.15) is 16.4 Å². The van der Waals surface area contributed by atoms with Crippen molar-refractivity contribution in [3.63, 3.8) is 0 Å². The second-order valence-corrected chi connectivity index (χ2v) is 6.07. The third-order valence-corrected chi connectivity index (χ3v) is 3.30. The van der Waals surface area contributed by atoms with Crippen molar-refractivity contribution in [2.24, 2.45) is 7.05 Å². The number of nitrogens with zero attached hydrogens (tertiary/aromatic N) is 2. The molecule has 3 nitrogen and oxygen atoms in total. The quantitative estimate of drug-likeness (QED) is 0.903. The molecule has 0 spiro atoms. The molecule has 0 aliphatic rings. The highest BCUT2D eigenvalue weighted by molar-refractivity contribution is 7.08. The lowest BCUT2D eigenvalue weighted by Crippen LogP contribution is -2.16. The smallest absolute Gasteiger partial charge is 0.0727 e. The number of aromatic nitrogens is 2. The maximum absolute atomic E-state index is 4.56. The molecule has 2 aromatic rings. The minimum atomic E-state index is 0.0902. The summed E-state index contributed by atoms with van der Waals surface area (Å²) in [5.41, 5.74) is 3.71.